The van der Waals surface area contributed by atoms with Crippen LogP contribution in [0.15, 0.2) is 128 Å². The van der Waals surface area contributed by atoms with Crippen molar-refractivity contribution in [2.75, 3.05) is 0 Å². The number of imidazole rings is 3. The van der Waals surface area contributed by atoms with E-state index in [1.165, 1.54) is 15.9 Å². The second kappa shape index (κ2) is 14.5. The van der Waals surface area contributed by atoms with Crippen molar-refractivity contribution in [3.63, 3.8) is 0 Å². The Balaban J connectivity index is 0.000000190. The van der Waals surface area contributed by atoms with Crippen molar-refractivity contribution in [2.45, 2.75) is 0 Å². The Morgan fingerprint density at radius 1 is 0.452 bits per heavy atom. The summed E-state index contributed by atoms with van der Waals surface area (Å²) in [6, 6.07) is 32.3. The Labute approximate surface area is 277 Å². The summed E-state index contributed by atoms with van der Waals surface area (Å²) in [6.45, 7) is 0. The van der Waals surface area contributed by atoms with Gasteiger partial charge in [0.2, 0.25) is 0 Å². The van der Waals surface area contributed by atoms with Gasteiger partial charge >= 0.3 is 7.12 Å². The second-order valence-corrected chi connectivity index (χ2v) is 12.8. The number of hydrogen-bond donors (Lipinski definition) is 0. The molecule has 0 saturated heterocycles. The number of rotatable bonds is 6. The van der Waals surface area contributed by atoms with Crippen molar-refractivity contribution < 1.29 is 21.1 Å². The molecule has 6 rings (SSSR count). The summed E-state index contributed by atoms with van der Waals surface area (Å²) in [5.41, 5.74) is 0. The molecule has 3 heterocycles. The van der Waals surface area contributed by atoms with Crippen molar-refractivity contribution >= 4 is 67.6 Å². The van der Waals surface area contributed by atoms with E-state index in [9.17, 15) is 0 Å². The van der Waals surface area contributed by atoms with Crippen LogP contribution in [-0.2, 0) is 42.2 Å². The second-order valence-electron chi connectivity index (χ2n) is 9.49. The molecule has 42 heavy (non-hydrogen) atoms. The van der Waals surface area contributed by atoms with E-state index >= 15 is 0 Å². The third-order valence-electron chi connectivity index (χ3n) is 6.71. The first kappa shape index (κ1) is 32.1. The van der Waals surface area contributed by atoms with E-state index in [1.807, 2.05) is 85.5 Å². The molecule has 0 unspecified atom stereocenters. The van der Waals surface area contributed by atoms with Crippen LogP contribution in [0.1, 0.15) is 0 Å². The molecule has 0 N–H and O–H groups in total. The molecule has 0 aliphatic carbocycles. The molecule has 0 spiro atoms. The molecule has 0 bridgehead atoms. The zero-order chi connectivity index (χ0) is 28.9. The largest absolute Gasteiger partial charge is 0.523 e. The SMILES string of the molecule is Cn1ccn(B(n2ccn(C)c2=S)n2ccn(C)c2=S)c1=S.[Pt].c1ccc(P(c2ccccc2)c2ccccc2)cc1. The molecule has 0 atom stereocenters. The minimum Gasteiger partial charge on any atom is -0.328 e. The number of hydrogen-bond acceptors (Lipinski definition) is 3. The summed E-state index contributed by atoms with van der Waals surface area (Å²) in [7, 11) is 5.05. The molecular formula is C30H30BN6PPtS3. The molecule has 6 aromatic rings. The number of nitrogens with zero attached hydrogens (tertiary/aromatic N) is 6. The topological polar surface area (TPSA) is 29.6 Å². The van der Waals surface area contributed by atoms with Crippen molar-refractivity contribution in [1.29, 1.82) is 0 Å². The van der Waals surface area contributed by atoms with Crippen LogP contribution >= 0.6 is 44.6 Å². The summed E-state index contributed by atoms with van der Waals surface area (Å²) in [5.74, 6) is 0. The molecule has 0 fully saturated rings. The third kappa shape index (κ3) is 6.85. The molecule has 0 aliphatic heterocycles. The van der Waals surface area contributed by atoms with Crippen LogP contribution < -0.4 is 15.9 Å². The van der Waals surface area contributed by atoms with E-state index in [1.54, 1.807) is 0 Å². The molecule has 0 saturated carbocycles. The quantitative estimate of drug-likeness (QED) is 0.124. The molecule has 0 amide bonds. The van der Waals surface area contributed by atoms with E-state index in [2.05, 4.69) is 91.0 Å². The van der Waals surface area contributed by atoms with Crippen molar-refractivity contribution in [3.05, 3.63) is 142 Å². The molecule has 3 aromatic carbocycles. The fraction of sp³-hybridized carbons (Fsp3) is 0.100. The molecule has 6 nitrogen and oxygen atoms in total. The van der Waals surface area contributed by atoms with Gasteiger partial charge in [-0.25, -0.2) is 0 Å². The molecule has 12 heteroatoms. The summed E-state index contributed by atoms with van der Waals surface area (Å²) in [4.78, 5) is 0. The molecule has 0 radical (unpaired) electrons. The van der Waals surface area contributed by atoms with Gasteiger partial charge < -0.3 is 27.1 Å². The van der Waals surface area contributed by atoms with E-state index in [4.69, 9.17) is 36.7 Å². The maximum absolute atomic E-state index is 5.52. The van der Waals surface area contributed by atoms with E-state index in [0.29, 0.717) is 14.3 Å². The molecule has 216 valence electrons. The Morgan fingerprint density at radius 2 is 0.714 bits per heavy atom. The van der Waals surface area contributed by atoms with Crippen LogP contribution in [0.2, 0.25) is 0 Å². The molecule has 0 aliphatic rings. The van der Waals surface area contributed by atoms with E-state index in [0.717, 1.165) is 0 Å². The normalized spacial score (nSPS) is 10.6. The summed E-state index contributed by atoms with van der Waals surface area (Å²) >= 11 is 16.6. The first-order valence-electron chi connectivity index (χ1n) is 13.0. The number of aromatic nitrogens is 6. The minimum atomic E-state index is -0.446. The predicted molar refractivity (Wildman–Crippen MR) is 180 cm³/mol. The van der Waals surface area contributed by atoms with Gasteiger partial charge in [-0.15, -0.1) is 0 Å². The van der Waals surface area contributed by atoms with E-state index in [-0.39, 0.29) is 28.2 Å². The van der Waals surface area contributed by atoms with Gasteiger partial charge in [0.25, 0.3) is 0 Å². The molecule has 3 aromatic heterocycles. The summed E-state index contributed by atoms with van der Waals surface area (Å²) < 4.78 is 13.7. The number of benzene rings is 3. The van der Waals surface area contributed by atoms with Gasteiger partial charge in [0, 0.05) is 79.4 Å². The zero-order valence-electron chi connectivity index (χ0n) is 23.4. The zero-order valence-corrected chi connectivity index (χ0v) is 29.0. The Hall–Kier alpha value is -2.87. The van der Waals surface area contributed by atoms with Gasteiger partial charge in [-0.2, -0.15) is 0 Å². The minimum absolute atomic E-state index is 0. The van der Waals surface area contributed by atoms with Crippen molar-refractivity contribution in [3.8, 4) is 0 Å². The fourth-order valence-corrected chi connectivity index (χ4v) is 7.51. The first-order chi connectivity index (χ1) is 19.9. The average Bonchev–Trinajstić information content (AvgIpc) is 3.64. The van der Waals surface area contributed by atoms with Crippen LogP contribution in [0, 0.1) is 14.3 Å². The predicted octanol–water partition coefficient (Wildman–Crippen LogP) is 5.67. The monoisotopic (exact) mass is 807 g/mol. The summed E-state index contributed by atoms with van der Waals surface area (Å²) in [6.07, 6.45) is 11.6. The van der Waals surface area contributed by atoms with Crippen LogP contribution in [0.25, 0.3) is 0 Å². The smallest absolute Gasteiger partial charge is 0.328 e. The Kier molecular flexibility index (Phi) is 11.1. The van der Waals surface area contributed by atoms with Crippen molar-refractivity contribution in [1.82, 2.24) is 27.1 Å². The standard InChI is InChI=1S/C18H15P.C12H15BN6S3.Pt/c1-4-10-16(11-5-1)19(17-12-6-2-7-13-17)18-14-8-3-9-15-18;1-14-4-7-17(10(14)20)13(18-8-5-15(2)11(18)21)19-9-6-16(3)12(19)22;/h1-15H;4-9H,1-3H3;. The van der Waals surface area contributed by atoms with Crippen LogP contribution in [-0.4, -0.2) is 34.3 Å². The van der Waals surface area contributed by atoms with E-state index < -0.39 is 7.92 Å². The van der Waals surface area contributed by atoms with Gasteiger partial charge in [-0.1, -0.05) is 91.0 Å². The Bertz CT molecular complexity index is 1690. The Morgan fingerprint density at radius 3 is 0.929 bits per heavy atom. The first-order valence-corrected chi connectivity index (χ1v) is 15.6. The number of aryl methyl sites for hydroxylation is 3. The van der Waals surface area contributed by atoms with Gasteiger partial charge in [-0.05, 0) is 60.5 Å². The maximum Gasteiger partial charge on any atom is 0.523 e. The van der Waals surface area contributed by atoms with Gasteiger partial charge in [-0.3, -0.25) is 0 Å². The van der Waals surface area contributed by atoms with Gasteiger partial charge in [0.1, 0.15) is 0 Å². The van der Waals surface area contributed by atoms with Gasteiger partial charge in [0.05, 0.1) is 0 Å². The van der Waals surface area contributed by atoms with Crippen LogP contribution in [0.3, 0.4) is 0 Å². The van der Waals surface area contributed by atoms with Gasteiger partial charge in [0.15, 0.2) is 14.3 Å². The molecular weight excluding hydrogens is 777 g/mol. The fourth-order valence-electron chi connectivity index (χ4n) is 4.55. The summed E-state index contributed by atoms with van der Waals surface area (Å²) in [5, 5.41) is 4.19. The van der Waals surface area contributed by atoms with Crippen molar-refractivity contribution in [2.24, 2.45) is 21.1 Å². The third-order valence-corrected chi connectivity index (χ3v) is 10.7. The average molecular weight is 808 g/mol. The van der Waals surface area contributed by atoms with Crippen LogP contribution in [0.5, 0.6) is 0 Å². The van der Waals surface area contributed by atoms with Crippen LogP contribution in [0.4, 0.5) is 0 Å². The maximum atomic E-state index is 5.52.